The normalized spacial score (nSPS) is 12.2. The minimum atomic E-state index is -0.319. The number of aromatic amines is 1. The van der Waals surface area contributed by atoms with Crippen molar-refractivity contribution in [3.8, 4) is 0 Å². The van der Waals surface area contributed by atoms with Crippen molar-refractivity contribution in [3.63, 3.8) is 0 Å². The minimum absolute atomic E-state index is 0.173. The summed E-state index contributed by atoms with van der Waals surface area (Å²) in [5.74, 6) is -0.239. The van der Waals surface area contributed by atoms with Crippen LogP contribution in [0.15, 0.2) is 36.8 Å². The zero-order valence-electron chi connectivity index (χ0n) is 46.9. The van der Waals surface area contributed by atoms with Gasteiger partial charge in [0.25, 0.3) is 5.91 Å². The molecule has 1 heterocycles. The van der Waals surface area contributed by atoms with E-state index in [2.05, 4.69) is 60.4 Å². The molecule has 0 spiro atoms. The summed E-state index contributed by atoms with van der Waals surface area (Å²) in [5.41, 5.74) is 0.349. The highest BCUT2D eigenvalue weighted by Crippen LogP contribution is 2.14. The van der Waals surface area contributed by atoms with Gasteiger partial charge in [0.2, 0.25) is 0 Å². The van der Waals surface area contributed by atoms with Crippen LogP contribution in [0.2, 0.25) is 0 Å². The van der Waals surface area contributed by atoms with Crippen molar-refractivity contribution in [2.75, 3.05) is 85.7 Å². The lowest BCUT2D eigenvalue weighted by molar-refractivity contribution is -0.0356. The van der Waals surface area contributed by atoms with Gasteiger partial charge in [0.15, 0.2) is 0 Å². The fourth-order valence-corrected chi connectivity index (χ4v) is 8.54. The topological polar surface area (TPSA) is 133 Å². The van der Waals surface area contributed by atoms with Gasteiger partial charge in [0, 0.05) is 32.5 Å². The summed E-state index contributed by atoms with van der Waals surface area (Å²) >= 11 is 0. The second-order valence-electron chi connectivity index (χ2n) is 19.8. The van der Waals surface area contributed by atoms with Gasteiger partial charge in [-0.25, -0.2) is 9.78 Å². The smallest absolute Gasteiger partial charge is 0.409 e. The zero-order chi connectivity index (χ0) is 51.7. The summed E-state index contributed by atoms with van der Waals surface area (Å²) in [7, 11) is 0. The Kier molecular flexibility index (Phi) is 52.3. The number of nitrogens with one attached hydrogen (secondary N) is 2. The van der Waals surface area contributed by atoms with Crippen LogP contribution in [0.3, 0.4) is 0 Å². The van der Waals surface area contributed by atoms with Crippen molar-refractivity contribution in [3.05, 3.63) is 42.5 Å². The molecule has 12 nitrogen and oxygen atoms in total. The van der Waals surface area contributed by atoms with Crippen molar-refractivity contribution in [1.82, 2.24) is 20.2 Å². The molecule has 0 saturated carbocycles. The summed E-state index contributed by atoms with van der Waals surface area (Å²) in [4.78, 5) is 34.0. The van der Waals surface area contributed by atoms with E-state index in [1.807, 2.05) is 4.90 Å². The molecule has 12 heteroatoms. The lowest BCUT2D eigenvalue weighted by Crippen LogP contribution is -2.42. The van der Waals surface area contributed by atoms with Crippen molar-refractivity contribution in [1.29, 1.82) is 0 Å². The van der Waals surface area contributed by atoms with Gasteiger partial charge < -0.3 is 43.6 Å². The number of hydrogen-bond acceptors (Lipinski definition) is 9. The number of imidazole rings is 1. The summed E-state index contributed by atoms with van der Waals surface area (Å²) in [6.45, 7) is 12.6. The molecule has 0 bridgehead atoms. The Hall–Kier alpha value is -2.77. The summed E-state index contributed by atoms with van der Waals surface area (Å²) < 4.78 is 35.4. The third-order valence-corrected chi connectivity index (χ3v) is 13.0. The van der Waals surface area contributed by atoms with E-state index in [-0.39, 0.29) is 24.7 Å². The second kappa shape index (κ2) is 56.0. The highest BCUT2D eigenvalue weighted by molar-refractivity contribution is 5.91. The number of hydrogen-bond donors (Lipinski definition) is 2. The Morgan fingerprint density at radius 3 is 1.43 bits per heavy atom. The van der Waals surface area contributed by atoms with Crippen molar-refractivity contribution < 1.29 is 38.0 Å². The number of carbonyl (C=O) groups excluding carboxylic acids is 2. The maximum absolute atomic E-state index is 13.6. The standard InChI is InChI=1S/C60H112N4O8/c1-4-7-10-13-16-18-20-22-24-26-28-30-32-34-37-40-44-70-55-57(71-45-41-38-35-33-31-29-27-25-23-21-19-17-14-11-8-5-2)54-64(43-39-36-15-12-9-6-3)60(66)72-52-51-69-50-49-68-48-47-67-46-42-62-59(65)58-53-61-56-63-58/h22-25,53,56-57H,4-21,26-52,54-55H2,1-3H3,(H,61,63)(H,62,65)/b24-22-,25-23-. The first-order valence-electron chi connectivity index (χ1n) is 30.0. The minimum Gasteiger partial charge on any atom is -0.447 e. The second-order valence-corrected chi connectivity index (χ2v) is 19.8. The Balaban J connectivity index is 2.48. The molecule has 1 aromatic heterocycles. The van der Waals surface area contributed by atoms with E-state index in [9.17, 15) is 9.59 Å². The lowest BCUT2D eigenvalue weighted by Gasteiger charge is -2.27. The van der Waals surface area contributed by atoms with E-state index < -0.39 is 0 Å². The predicted octanol–water partition coefficient (Wildman–Crippen LogP) is 15.5. The van der Waals surface area contributed by atoms with Crippen LogP contribution in [0.5, 0.6) is 0 Å². The number of aromatic nitrogens is 2. The van der Waals surface area contributed by atoms with Crippen molar-refractivity contribution >= 4 is 12.0 Å². The largest absolute Gasteiger partial charge is 0.447 e. The average Bonchev–Trinajstić information content (AvgIpc) is 3.94. The summed E-state index contributed by atoms with van der Waals surface area (Å²) in [6.07, 6.45) is 54.9. The molecule has 0 fully saturated rings. The van der Waals surface area contributed by atoms with Crippen LogP contribution in [-0.2, 0) is 28.4 Å². The number of H-pyrrole nitrogens is 1. The Morgan fingerprint density at radius 2 is 0.944 bits per heavy atom. The van der Waals surface area contributed by atoms with Crippen LogP contribution in [0.25, 0.3) is 0 Å². The monoisotopic (exact) mass is 1020 g/mol. The maximum atomic E-state index is 13.6. The van der Waals surface area contributed by atoms with Gasteiger partial charge in [-0.1, -0.05) is 193 Å². The first-order chi connectivity index (χ1) is 35.6. The van der Waals surface area contributed by atoms with Gasteiger partial charge in [-0.2, -0.15) is 0 Å². The predicted molar refractivity (Wildman–Crippen MR) is 299 cm³/mol. The van der Waals surface area contributed by atoms with Gasteiger partial charge in [0.05, 0.1) is 65.2 Å². The summed E-state index contributed by atoms with van der Waals surface area (Å²) in [6, 6.07) is 0. The molecule has 0 aliphatic carbocycles. The SMILES string of the molecule is CCCCCCCC/C=C\CCCCCCCCOCC(CN(CCCCCCCC)C(=O)OCCOCCOCCOCCNC(=O)c1c[nH]cn1)OCCCCCCCC/C=C\CCCCCCCC. The average molecular weight is 1020 g/mol. The number of allylic oxidation sites excluding steroid dienone is 4. The number of rotatable bonds is 57. The fourth-order valence-electron chi connectivity index (χ4n) is 8.54. The molecular weight excluding hydrogens is 905 g/mol. The quantitative estimate of drug-likeness (QED) is 0.0483. The molecule has 1 rings (SSSR count). The molecule has 0 saturated heterocycles. The first-order valence-corrected chi connectivity index (χ1v) is 30.0. The molecule has 2 N–H and O–H groups in total. The highest BCUT2D eigenvalue weighted by atomic mass is 16.6. The molecule has 1 atom stereocenters. The Labute approximate surface area is 442 Å². The van der Waals surface area contributed by atoms with Crippen LogP contribution in [-0.4, -0.2) is 119 Å². The molecule has 420 valence electrons. The van der Waals surface area contributed by atoms with E-state index in [0.29, 0.717) is 78.2 Å². The van der Waals surface area contributed by atoms with Crippen LogP contribution in [0, 0.1) is 0 Å². The van der Waals surface area contributed by atoms with Crippen LogP contribution in [0.4, 0.5) is 4.79 Å². The highest BCUT2D eigenvalue weighted by Gasteiger charge is 2.21. The number of nitrogens with zero attached hydrogens (tertiary/aromatic N) is 2. The maximum Gasteiger partial charge on any atom is 0.409 e. The lowest BCUT2D eigenvalue weighted by atomic mass is 10.1. The molecule has 0 aliphatic rings. The van der Waals surface area contributed by atoms with Crippen LogP contribution in [0.1, 0.15) is 250 Å². The van der Waals surface area contributed by atoms with Crippen molar-refractivity contribution in [2.45, 2.75) is 245 Å². The van der Waals surface area contributed by atoms with Crippen LogP contribution < -0.4 is 5.32 Å². The number of ether oxygens (including phenoxy) is 6. The van der Waals surface area contributed by atoms with Crippen LogP contribution >= 0.6 is 0 Å². The Bertz CT molecular complexity index is 1310. The number of carbonyl (C=O) groups is 2. The van der Waals surface area contributed by atoms with E-state index in [1.165, 1.54) is 193 Å². The van der Waals surface area contributed by atoms with Gasteiger partial charge in [-0.15, -0.1) is 0 Å². The van der Waals surface area contributed by atoms with Gasteiger partial charge in [-0.05, 0) is 70.6 Å². The molecule has 0 aromatic carbocycles. The van der Waals surface area contributed by atoms with E-state index in [1.54, 1.807) is 6.20 Å². The molecule has 1 aromatic rings. The number of unbranched alkanes of at least 4 members (excludes halogenated alkanes) is 29. The van der Waals surface area contributed by atoms with E-state index >= 15 is 0 Å². The third kappa shape index (κ3) is 47.0. The molecule has 72 heavy (non-hydrogen) atoms. The molecule has 0 aliphatic heterocycles. The third-order valence-electron chi connectivity index (χ3n) is 13.0. The zero-order valence-corrected chi connectivity index (χ0v) is 46.9. The molecular formula is C60H112N4O8. The summed E-state index contributed by atoms with van der Waals surface area (Å²) in [5, 5.41) is 2.75. The van der Waals surface area contributed by atoms with Gasteiger partial charge in [-0.3, -0.25) is 4.79 Å². The van der Waals surface area contributed by atoms with Gasteiger partial charge in [0.1, 0.15) is 12.3 Å². The van der Waals surface area contributed by atoms with E-state index in [0.717, 1.165) is 38.7 Å². The fraction of sp³-hybridized carbons (Fsp3) is 0.850. The molecule has 0 radical (unpaired) electrons. The van der Waals surface area contributed by atoms with E-state index in [4.69, 9.17) is 28.4 Å². The first kappa shape index (κ1) is 67.2. The number of amides is 2. The molecule has 2 amide bonds. The Morgan fingerprint density at radius 1 is 0.514 bits per heavy atom. The molecule has 1 unspecified atom stereocenters. The van der Waals surface area contributed by atoms with Crippen molar-refractivity contribution in [2.24, 2.45) is 0 Å². The van der Waals surface area contributed by atoms with Gasteiger partial charge >= 0.3 is 6.09 Å².